The van der Waals surface area contributed by atoms with Gasteiger partial charge in [0, 0.05) is 26.3 Å². The number of rotatable bonds is 7. The average molecular weight is 430 g/mol. The number of hydrogen-bond donors (Lipinski definition) is 1. The predicted molar refractivity (Wildman–Crippen MR) is 109 cm³/mol. The van der Waals surface area contributed by atoms with Crippen LogP contribution in [0.1, 0.15) is 5.56 Å². The Balaban J connectivity index is 2.00. The smallest absolute Gasteiger partial charge is 0.242 e. The van der Waals surface area contributed by atoms with Crippen LogP contribution in [0.15, 0.2) is 47.4 Å². The van der Waals surface area contributed by atoms with Crippen molar-refractivity contribution in [2.45, 2.75) is 11.4 Å². The molecular formula is C18H21Cl2N3O3S. The summed E-state index contributed by atoms with van der Waals surface area (Å²) < 4.78 is 25.6. The minimum Gasteiger partial charge on any atom is -0.325 e. The molecule has 0 spiro atoms. The minimum absolute atomic E-state index is 0.130. The second-order valence-electron chi connectivity index (χ2n) is 6.28. The van der Waals surface area contributed by atoms with Crippen molar-refractivity contribution < 1.29 is 13.2 Å². The van der Waals surface area contributed by atoms with E-state index >= 15 is 0 Å². The molecule has 0 heterocycles. The van der Waals surface area contributed by atoms with Gasteiger partial charge >= 0.3 is 0 Å². The molecule has 0 saturated heterocycles. The number of anilines is 1. The van der Waals surface area contributed by atoms with Gasteiger partial charge in [0.15, 0.2) is 0 Å². The molecule has 0 fully saturated rings. The Morgan fingerprint density at radius 1 is 1.04 bits per heavy atom. The number of hydrogen-bond acceptors (Lipinski definition) is 4. The van der Waals surface area contributed by atoms with Gasteiger partial charge < -0.3 is 5.32 Å². The molecule has 2 aromatic rings. The predicted octanol–water partition coefficient (Wildman–Crippen LogP) is 3.31. The maximum absolute atomic E-state index is 12.2. The summed E-state index contributed by atoms with van der Waals surface area (Å²) in [5, 5.41) is 3.53. The molecule has 146 valence electrons. The molecule has 0 radical (unpaired) electrons. The Kier molecular flexibility index (Phi) is 7.25. The van der Waals surface area contributed by atoms with Crippen LogP contribution in [0, 0.1) is 0 Å². The maximum atomic E-state index is 12.2. The zero-order valence-electron chi connectivity index (χ0n) is 15.2. The minimum atomic E-state index is -3.49. The van der Waals surface area contributed by atoms with E-state index in [0.29, 0.717) is 22.3 Å². The number of carbonyl (C=O) groups is 1. The first-order chi connectivity index (χ1) is 12.6. The Labute approximate surface area is 169 Å². The van der Waals surface area contributed by atoms with Crippen molar-refractivity contribution in [3.05, 3.63) is 58.1 Å². The number of likely N-dealkylation sites (N-methyl/N-ethyl adjacent to an activating group) is 1. The zero-order chi connectivity index (χ0) is 20.2. The lowest BCUT2D eigenvalue weighted by atomic mass is 10.2. The summed E-state index contributed by atoms with van der Waals surface area (Å²) in [7, 11) is 1.26. The summed E-state index contributed by atoms with van der Waals surface area (Å²) in [6.45, 7) is 0.552. The topological polar surface area (TPSA) is 69.7 Å². The van der Waals surface area contributed by atoms with E-state index in [1.165, 1.54) is 18.4 Å². The van der Waals surface area contributed by atoms with Gasteiger partial charge in [-0.3, -0.25) is 9.69 Å². The first-order valence-electron chi connectivity index (χ1n) is 8.04. The normalized spacial score (nSPS) is 11.8. The van der Waals surface area contributed by atoms with E-state index in [1.807, 2.05) is 6.07 Å². The van der Waals surface area contributed by atoms with Gasteiger partial charge in [-0.05, 0) is 42.9 Å². The molecule has 0 unspecified atom stereocenters. The van der Waals surface area contributed by atoms with E-state index in [0.717, 1.165) is 5.56 Å². The first kappa shape index (κ1) is 21.7. The lowest BCUT2D eigenvalue weighted by molar-refractivity contribution is -0.117. The van der Waals surface area contributed by atoms with Gasteiger partial charge in [0.05, 0.1) is 21.5 Å². The average Bonchev–Trinajstić information content (AvgIpc) is 2.58. The molecule has 6 nitrogen and oxygen atoms in total. The third kappa shape index (κ3) is 5.92. The van der Waals surface area contributed by atoms with E-state index in [4.69, 9.17) is 23.2 Å². The van der Waals surface area contributed by atoms with Crippen molar-refractivity contribution in [1.29, 1.82) is 0 Å². The van der Waals surface area contributed by atoms with Crippen LogP contribution in [0.5, 0.6) is 0 Å². The summed E-state index contributed by atoms with van der Waals surface area (Å²) >= 11 is 11.8. The SMILES string of the molecule is CN(CC(=O)Nc1ccc(Cl)c(Cl)c1)Cc1cccc(S(=O)(=O)N(C)C)c1. The van der Waals surface area contributed by atoms with E-state index in [2.05, 4.69) is 5.32 Å². The van der Waals surface area contributed by atoms with Gasteiger partial charge in [0.2, 0.25) is 15.9 Å². The van der Waals surface area contributed by atoms with Gasteiger partial charge in [0.25, 0.3) is 0 Å². The summed E-state index contributed by atoms with van der Waals surface area (Å²) in [5.74, 6) is -0.215. The number of carbonyl (C=O) groups excluding carboxylic acids is 1. The standard InChI is InChI=1S/C18H21Cl2N3O3S/c1-22(2)27(25,26)15-6-4-5-13(9-15)11-23(3)12-18(24)21-14-7-8-16(19)17(20)10-14/h4-10H,11-12H2,1-3H3,(H,21,24). The summed E-state index contributed by atoms with van der Waals surface area (Å²) in [6.07, 6.45) is 0. The molecule has 0 bridgehead atoms. The summed E-state index contributed by atoms with van der Waals surface area (Å²) in [5.41, 5.74) is 1.35. The van der Waals surface area contributed by atoms with E-state index in [9.17, 15) is 13.2 Å². The van der Waals surface area contributed by atoms with Crippen LogP contribution >= 0.6 is 23.2 Å². The van der Waals surface area contributed by atoms with Crippen LogP contribution in [-0.2, 0) is 21.4 Å². The third-order valence-corrected chi connectivity index (χ3v) is 6.30. The third-order valence-electron chi connectivity index (χ3n) is 3.75. The van der Waals surface area contributed by atoms with E-state index in [1.54, 1.807) is 48.3 Å². The number of amides is 1. The van der Waals surface area contributed by atoms with Crippen LogP contribution in [0.4, 0.5) is 5.69 Å². The van der Waals surface area contributed by atoms with Crippen LogP contribution in [-0.4, -0.2) is 51.2 Å². The van der Waals surface area contributed by atoms with Crippen molar-refractivity contribution in [2.24, 2.45) is 0 Å². The Hall–Kier alpha value is -1.64. The quantitative estimate of drug-likeness (QED) is 0.732. The summed E-state index contributed by atoms with van der Waals surface area (Å²) in [6, 6.07) is 11.5. The van der Waals surface area contributed by atoms with Crippen molar-refractivity contribution in [3.8, 4) is 0 Å². The highest BCUT2D eigenvalue weighted by Gasteiger charge is 2.17. The van der Waals surface area contributed by atoms with Gasteiger partial charge in [-0.2, -0.15) is 0 Å². The van der Waals surface area contributed by atoms with Gasteiger partial charge in [-0.25, -0.2) is 12.7 Å². The monoisotopic (exact) mass is 429 g/mol. The second kappa shape index (κ2) is 9.03. The molecule has 1 N–H and O–H groups in total. The van der Waals surface area contributed by atoms with Crippen LogP contribution < -0.4 is 5.32 Å². The molecule has 0 aromatic heterocycles. The number of sulfonamides is 1. The van der Waals surface area contributed by atoms with Gasteiger partial charge in [0.1, 0.15) is 0 Å². The Morgan fingerprint density at radius 3 is 2.37 bits per heavy atom. The highest BCUT2D eigenvalue weighted by Crippen LogP contribution is 2.25. The molecule has 9 heteroatoms. The number of benzene rings is 2. The van der Waals surface area contributed by atoms with E-state index in [-0.39, 0.29) is 17.3 Å². The Morgan fingerprint density at radius 2 is 1.74 bits per heavy atom. The fraction of sp³-hybridized carbons (Fsp3) is 0.278. The lowest BCUT2D eigenvalue weighted by Crippen LogP contribution is -2.30. The Bertz CT molecular complexity index is 933. The van der Waals surface area contributed by atoms with Crippen molar-refractivity contribution >= 4 is 44.8 Å². The second-order valence-corrected chi connectivity index (χ2v) is 9.25. The molecule has 0 aliphatic carbocycles. The molecule has 27 heavy (non-hydrogen) atoms. The van der Waals surface area contributed by atoms with Gasteiger partial charge in [-0.1, -0.05) is 35.3 Å². The van der Waals surface area contributed by atoms with Crippen molar-refractivity contribution in [1.82, 2.24) is 9.21 Å². The number of nitrogens with zero attached hydrogens (tertiary/aromatic N) is 2. The summed E-state index contributed by atoms with van der Waals surface area (Å²) in [4.78, 5) is 14.2. The maximum Gasteiger partial charge on any atom is 0.242 e. The molecular weight excluding hydrogens is 409 g/mol. The van der Waals surface area contributed by atoms with Crippen LogP contribution in [0.2, 0.25) is 10.0 Å². The molecule has 0 aliphatic rings. The van der Waals surface area contributed by atoms with Crippen LogP contribution in [0.3, 0.4) is 0 Å². The molecule has 0 saturated carbocycles. The molecule has 2 aromatic carbocycles. The van der Waals surface area contributed by atoms with Crippen molar-refractivity contribution in [3.63, 3.8) is 0 Å². The molecule has 0 atom stereocenters. The lowest BCUT2D eigenvalue weighted by Gasteiger charge is -2.18. The van der Waals surface area contributed by atoms with Crippen LogP contribution in [0.25, 0.3) is 0 Å². The fourth-order valence-corrected chi connectivity index (χ4v) is 3.67. The van der Waals surface area contributed by atoms with Crippen molar-refractivity contribution in [2.75, 3.05) is 33.0 Å². The number of halogens is 2. The van der Waals surface area contributed by atoms with Gasteiger partial charge in [-0.15, -0.1) is 0 Å². The number of nitrogens with one attached hydrogen (secondary N) is 1. The highest BCUT2D eigenvalue weighted by molar-refractivity contribution is 7.89. The largest absolute Gasteiger partial charge is 0.325 e. The fourth-order valence-electron chi connectivity index (χ4n) is 2.40. The van der Waals surface area contributed by atoms with E-state index < -0.39 is 10.0 Å². The zero-order valence-corrected chi connectivity index (χ0v) is 17.6. The highest BCUT2D eigenvalue weighted by atomic mass is 35.5. The molecule has 1 amide bonds. The molecule has 2 rings (SSSR count). The molecule has 0 aliphatic heterocycles. The first-order valence-corrected chi connectivity index (χ1v) is 10.2.